The standard InChI is InChI=1S/C12H21NO2/c1-5-9-6-11(15)13(7-9)8-10(14)12(2,3)4/h9H,5-8H2,1-4H3. The molecule has 1 rings (SSSR count). The summed E-state index contributed by atoms with van der Waals surface area (Å²) in [5.74, 6) is 0.734. The number of carbonyl (C=O) groups excluding carboxylic acids is 2. The molecule has 1 saturated heterocycles. The van der Waals surface area contributed by atoms with Crippen LogP contribution in [-0.4, -0.2) is 29.7 Å². The second kappa shape index (κ2) is 4.33. The first-order valence-corrected chi connectivity index (χ1v) is 5.65. The zero-order valence-corrected chi connectivity index (χ0v) is 10.2. The van der Waals surface area contributed by atoms with Crippen LogP contribution in [0.25, 0.3) is 0 Å². The van der Waals surface area contributed by atoms with E-state index in [9.17, 15) is 9.59 Å². The highest BCUT2D eigenvalue weighted by Crippen LogP contribution is 2.22. The smallest absolute Gasteiger partial charge is 0.223 e. The summed E-state index contributed by atoms with van der Waals surface area (Å²) in [7, 11) is 0. The molecule has 0 radical (unpaired) electrons. The molecule has 15 heavy (non-hydrogen) atoms. The fourth-order valence-corrected chi connectivity index (χ4v) is 1.69. The summed E-state index contributed by atoms with van der Waals surface area (Å²) in [5.41, 5.74) is -0.343. The zero-order valence-electron chi connectivity index (χ0n) is 10.2. The second-order valence-corrected chi connectivity index (χ2v) is 5.43. The second-order valence-electron chi connectivity index (χ2n) is 5.43. The SMILES string of the molecule is CCC1CC(=O)N(CC(=O)C(C)(C)C)C1. The maximum atomic E-state index is 11.8. The van der Waals surface area contributed by atoms with Crippen molar-refractivity contribution in [1.29, 1.82) is 0 Å². The molecule has 0 aromatic carbocycles. The highest BCUT2D eigenvalue weighted by molar-refractivity contribution is 5.90. The van der Waals surface area contributed by atoms with Gasteiger partial charge in [0.25, 0.3) is 0 Å². The lowest BCUT2D eigenvalue weighted by atomic mass is 9.90. The Morgan fingerprint density at radius 2 is 2.07 bits per heavy atom. The Kier molecular flexibility index (Phi) is 3.53. The third-order valence-electron chi connectivity index (χ3n) is 3.04. The molecule has 1 amide bonds. The van der Waals surface area contributed by atoms with Crippen LogP contribution in [-0.2, 0) is 9.59 Å². The molecule has 0 aromatic heterocycles. The lowest BCUT2D eigenvalue weighted by Gasteiger charge is -2.22. The van der Waals surface area contributed by atoms with Gasteiger partial charge in [-0.15, -0.1) is 0 Å². The van der Waals surface area contributed by atoms with Crippen LogP contribution in [0.5, 0.6) is 0 Å². The number of ketones is 1. The summed E-state index contributed by atoms with van der Waals surface area (Å²) in [5, 5.41) is 0. The van der Waals surface area contributed by atoms with Gasteiger partial charge in [-0.25, -0.2) is 0 Å². The summed E-state index contributed by atoms with van der Waals surface area (Å²) < 4.78 is 0. The van der Waals surface area contributed by atoms with Crippen LogP contribution in [0, 0.1) is 11.3 Å². The average Bonchev–Trinajstić information content (AvgIpc) is 2.45. The van der Waals surface area contributed by atoms with E-state index >= 15 is 0 Å². The molecule has 0 spiro atoms. The van der Waals surface area contributed by atoms with E-state index in [2.05, 4.69) is 6.92 Å². The van der Waals surface area contributed by atoms with E-state index in [4.69, 9.17) is 0 Å². The fraction of sp³-hybridized carbons (Fsp3) is 0.833. The molecule has 0 saturated carbocycles. The van der Waals surface area contributed by atoms with E-state index in [0.717, 1.165) is 13.0 Å². The van der Waals surface area contributed by atoms with Gasteiger partial charge in [-0.1, -0.05) is 34.1 Å². The molecule has 1 aliphatic rings. The molecule has 1 atom stereocenters. The van der Waals surface area contributed by atoms with Crippen molar-refractivity contribution in [2.45, 2.75) is 40.5 Å². The normalized spacial score (nSPS) is 22.3. The molecule has 1 aliphatic heterocycles. The fourth-order valence-electron chi connectivity index (χ4n) is 1.69. The van der Waals surface area contributed by atoms with Crippen molar-refractivity contribution >= 4 is 11.7 Å². The Morgan fingerprint density at radius 3 is 2.47 bits per heavy atom. The van der Waals surface area contributed by atoms with Crippen LogP contribution >= 0.6 is 0 Å². The first kappa shape index (κ1) is 12.2. The van der Waals surface area contributed by atoms with Crippen LogP contribution < -0.4 is 0 Å². The number of amides is 1. The average molecular weight is 211 g/mol. The first-order valence-electron chi connectivity index (χ1n) is 5.65. The van der Waals surface area contributed by atoms with Crippen molar-refractivity contribution in [3.05, 3.63) is 0 Å². The number of likely N-dealkylation sites (tertiary alicyclic amines) is 1. The molecule has 0 aromatic rings. The van der Waals surface area contributed by atoms with E-state index in [-0.39, 0.29) is 17.1 Å². The van der Waals surface area contributed by atoms with Gasteiger partial charge in [0.05, 0.1) is 6.54 Å². The van der Waals surface area contributed by atoms with Gasteiger partial charge in [-0.05, 0) is 5.92 Å². The Balaban J connectivity index is 2.53. The highest BCUT2D eigenvalue weighted by atomic mass is 16.2. The molecule has 86 valence electrons. The summed E-state index contributed by atoms with van der Waals surface area (Å²) >= 11 is 0. The van der Waals surface area contributed by atoms with E-state index < -0.39 is 0 Å². The zero-order chi connectivity index (χ0) is 11.6. The van der Waals surface area contributed by atoms with Crippen molar-refractivity contribution in [2.24, 2.45) is 11.3 Å². The molecule has 0 N–H and O–H groups in total. The lowest BCUT2D eigenvalue weighted by Crippen LogP contribution is -2.36. The minimum Gasteiger partial charge on any atom is -0.335 e. The van der Waals surface area contributed by atoms with Crippen LogP contribution in [0.3, 0.4) is 0 Å². The van der Waals surface area contributed by atoms with Gasteiger partial charge in [0.2, 0.25) is 5.91 Å². The van der Waals surface area contributed by atoms with E-state index in [0.29, 0.717) is 18.9 Å². The third kappa shape index (κ3) is 3.05. The van der Waals surface area contributed by atoms with Crippen LogP contribution in [0.2, 0.25) is 0 Å². The van der Waals surface area contributed by atoms with Crippen molar-refractivity contribution < 1.29 is 9.59 Å². The quantitative estimate of drug-likeness (QED) is 0.714. The Labute approximate surface area is 91.8 Å². The molecule has 1 heterocycles. The Bertz CT molecular complexity index is 265. The van der Waals surface area contributed by atoms with Crippen molar-refractivity contribution in [1.82, 2.24) is 4.90 Å². The van der Waals surface area contributed by atoms with Gasteiger partial charge in [0.1, 0.15) is 0 Å². The maximum Gasteiger partial charge on any atom is 0.223 e. The van der Waals surface area contributed by atoms with Gasteiger partial charge in [0, 0.05) is 18.4 Å². The molecular weight excluding hydrogens is 190 g/mol. The van der Waals surface area contributed by atoms with E-state index in [1.54, 1.807) is 4.90 Å². The van der Waals surface area contributed by atoms with Crippen molar-refractivity contribution in [3.63, 3.8) is 0 Å². The third-order valence-corrected chi connectivity index (χ3v) is 3.04. The maximum absolute atomic E-state index is 11.8. The van der Waals surface area contributed by atoms with Crippen molar-refractivity contribution in [3.8, 4) is 0 Å². The first-order chi connectivity index (χ1) is 6.84. The van der Waals surface area contributed by atoms with E-state index in [1.807, 2.05) is 20.8 Å². The topological polar surface area (TPSA) is 37.4 Å². The predicted octanol–water partition coefficient (Wildman–Crippen LogP) is 1.86. The number of nitrogens with zero attached hydrogens (tertiary/aromatic N) is 1. The Morgan fingerprint density at radius 1 is 1.47 bits per heavy atom. The minimum absolute atomic E-state index is 0.138. The monoisotopic (exact) mass is 211 g/mol. The predicted molar refractivity (Wildman–Crippen MR) is 59.4 cm³/mol. The van der Waals surface area contributed by atoms with E-state index in [1.165, 1.54) is 0 Å². The highest BCUT2D eigenvalue weighted by Gasteiger charge is 2.32. The van der Waals surface area contributed by atoms with Gasteiger partial charge < -0.3 is 4.90 Å². The molecule has 0 aliphatic carbocycles. The number of Topliss-reactive ketones (excluding diaryl/α,β-unsaturated/α-hetero) is 1. The summed E-state index contributed by atoms with van der Waals surface area (Å²) in [4.78, 5) is 25.1. The number of hydrogen-bond acceptors (Lipinski definition) is 2. The molecule has 0 bridgehead atoms. The summed E-state index contributed by atoms with van der Waals surface area (Å²) in [6, 6.07) is 0. The largest absolute Gasteiger partial charge is 0.335 e. The molecule has 3 nitrogen and oxygen atoms in total. The van der Waals surface area contributed by atoms with Crippen LogP contribution in [0.15, 0.2) is 0 Å². The van der Waals surface area contributed by atoms with Crippen LogP contribution in [0.1, 0.15) is 40.5 Å². The lowest BCUT2D eigenvalue weighted by molar-refractivity contribution is -0.135. The van der Waals surface area contributed by atoms with Gasteiger partial charge >= 0.3 is 0 Å². The molecular formula is C12H21NO2. The molecule has 1 fully saturated rings. The Hall–Kier alpha value is -0.860. The van der Waals surface area contributed by atoms with Gasteiger partial charge in [-0.2, -0.15) is 0 Å². The number of carbonyl (C=O) groups is 2. The summed E-state index contributed by atoms with van der Waals surface area (Å²) in [6.45, 7) is 8.83. The van der Waals surface area contributed by atoms with Gasteiger partial charge in [0.15, 0.2) is 5.78 Å². The van der Waals surface area contributed by atoms with Crippen molar-refractivity contribution in [2.75, 3.05) is 13.1 Å². The minimum atomic E-state index is -0.343. The molecule has 1 unspecified atom stereocenters. The number of hydrogen-bond donors (Lipinski definition) is 0. The van der Waals surface area contributed by atoms with Crippen LogP contribution in [0.4, 0.5) is 0 Å². The molecule has 3 heteroatoms. The number of rotatable bonds is 3. The summed E-state index contributed by atoms with van der Waals surface area (Å²) in [6.07, 6.45) is 1.64. The van der Waals surface area contributed by atoms with Gasteiger partial charge in [-0.3, -0.25) is 9.59 Å².